The minimum atomic E-state index is -0.262. The molecule has 5 nitrogen and oxygen atoms in total. The van der Waals surface area contributed by atoms with Gasteiger partial charge in [-0.3, -0.25) is 4.79 Å². The number of nitrogens with one attached hydrogen (secondary N) is 2. The lowest BCUT2D eigenvalue weighted by Crippen LogP contribution is -2.41. The molecule has 2 aromatic rings. The number of ether oxygens (including phenoxy) is 1. The molecule has 3 N–H and O–H groups in total. The van der Waals surface area contributed by atoms with E-state index in [1.807, 2.05) is 24.3 Å². The van der Waals surface area contributed by atoms with E-state index < -0.39 is 0 Å². The first-order valence-electron chi connectivity index (χ1n) is 9.11. The van der Waals surface area contributed by atoms with Crippen LogP contribution >= 0.6 is 0 Å². The third kappa shape index (κ3) is 4.84. The summed E-state index contributed by atoms with van der Waals surface area (Å²) in [6.45, 7) is 0.675. The molecule has 0 radical (unpaired) electrons. The van der Waals surface area contributed by atoms with Crippen molar-refractivity contribution in [3.05, 3.63) is 59.7 Å². The van der Waals surface area contributed by atoms with Crippen molar-refractivity contribution < 1.29 is 14.6 Å². The van der Waals surface area contributed by atoms with Crippen LogP contribution in [-0.2, 0) is 6.54 Å². The first kappa shape index (κ1) is 18.4. The zero-order valence-corrected chi connectivity index (χ0v) is 15.1. The van der Waals surface area contributed by atoms with E-state index in [9.17, 15) is 9.90 Å². The molecule has 0 heterocycles. The molecule has 2 unspecified atom stereocenters. The fourth-order valence-electron chi connectivity index (χ4n) is 3.30. The smallest absolute Gasteiger partial charge is 0.255 e. The number of benzene rings is 2. The largest absolute Gasteiger partial charge is 0.497 e. The Labute approximate surface area is 154 Å². The minimum Gasteiger partial charge on any atom is -0.497 e. The van der Waals surface area contributed by atoms with Crippen LogP contribution in [0.15, 0.2) is 48.5 Å². The van der Waals surface area contributed by atoms with Gasteiger partial charge in [-0.15, -0.1) is 0 Å². The normalized spacial score (nSPS) is 19.8. The number of rotatable bonds is 6. The molecule has 0 spiro atoms. The van der Waals surface area contributed by atoms with E-state index in [4.69, 9.17) is 4.74 Å². The van der Waals surface area contributed by atoms with Crippen LogP contribution in [0.25, 0.3) is 0 Å². The Bertz CT molecular complexity index is 730. The van der Waals surface area contributed by atoms with Gasteiger partial charge < -0.3 is 20.5 Å². The number of amides is 1. The van der Waals surface area contributed by atoms with Crippen molar-refractivity contribution in [3.63, 3.8) is 0 Å². The van der Waals surface area contributed by atoms with Gasteiger partial charge in [0.05, 0.1) is 13.2 Å². The van der Waals surface area contributed by atoms with E-state index in [-0.39, 0.29) is 18.1 Å². The number of aliphatic hydroxyl groups excluding tert-OH is 1. The second kappa shape index (κ2) is 8.83. The maximum absolute atomic E-state index is 12.4. The number of aliphatic hydroxyl groups is 1. The van der Waals surface area contributed by atoms with E-state index >= 15 is 0 Å². The van der Waals surface area contributed by atoms with Gasteiger partial charge in [-0.25, -0.2) is 0 Å². The van der Waals surface area contributed by atoms with Gasteiger partial charge in [0.2, 0.25) is 0 Å². The highest BCUT2D eigenvalue weighted by Gasteiger charge is 2.22. The summed E-state index contributed by atoms with van der Waals surface area (Å²) in [5, 5.41) is 16.4. The Hall–Kier alpha value is -2.37. The van der Waals surface area contributed by atoms with Crippen molar-refractivity contribution in [2.24, 2.45) is 0 Å². The number of hydrogen-bond donors (Lipinski definition) is 3. The quantitative estimate of drug-likeness (QED) is 0.744. The van der Waals surface area contributed by atoms with Crippen molar-refractivity contribution in [3.8, 4) is 5.75 Å². The highest BCUT2D eigenvalue weighted by molar-refractivity contribution is 6.04. The molecule has 2 aromatic carbocycles. The molecule has 1 aliphatic carbocycles. The third-order valence-electron chi connectivity index (χ3n) is 4.83. The zero-order chi connectivity index (χ0) is 18.4. The van der Waals surface area contributed by atoms with Gasteiger partial charge in [-0.2, -0.15) is 0 Å². The lowest BCUT2D eigenvalue weighted by atomic mass is 9.92. The summed E-state index contributed by atoms with van der Waals surface area (Å²) in [7, 11) is 1.60. The van der Waals surface area contributed by atoms with Gasteiger partial charge in [-0.1, -0.05) is 25.0 Å². The number of anilines is 1. The van der Waals surface area contributed by atoms with Crippen molar-refractivity contribution in [2.45, 2.75) is 44.4 Å². The Balaban J connectivity index is 1.58. The third-order valence-corrected chi connectivity index (χ3v) is 4.83. The molecule has 5 heteroatoms. The summed E-state index contributed by atoms with van der Waals surface area (Å²) in [6.07, 6.45) is 3.88. The highest BCUT2D eigenvalue weighted by Crippen LogP contribution is 2.19. The van der Waals surface area contributed by atoms with Crippen LogP contribution in [0.4, 0.5) is 5.69 Å². The monoisotopic (exact) mass is 354 g/mol. The highest BCUT2D eigenvalue weighted by atomic mass is 16.5. The molecule has 2 atom stereocenters. The second-order valence-corrected chi connectivity index (χ2v) is 6.72. The summed E-state index contributed by atoms with van der Waals surface area (Å²) in [6, 6.07) is 15.0. The fourth-order valence-corrected chi connectivity index (χ4v) is 3.30. The molecule has 0 aromatic heterocycles. The van der Waals surface area contributed by atoms with Crippen molar-refractivity contribution in [1.82, 2.24) is 5.32 Å². The van der Waals surface area contributed by atoms with E-state index in [2.05, 4.69) is 10.6 Å². The van der Waals surface area contributed by atoms with E-state index in [0.717, 1.165) is 42.7 Å². The predicted octanol–water partition coefficient (Wildman–Crippen LogP) is 3.34. The molecule has 1 fully saturated rings. The Morgan fingerprint density at radius 2 is 1.92 bits per heavy atom. The maximum Gasteiger partial charge on any atom is 0.255 e. The number of hydrogen-bond acceptors (Lipinski definition) is 4. The Kier molecular flexibility index (Phi) is 6.26. The molecule has 1 aliphatic rings. The standard InChI is InChI=1S/C21H26N2O3/c1-26-18-11-9-16(10-12-18)21(25)23-17-6-4-5-15(13-17)14-22-19-7-2-3-8-20(19)24/h4-6,9-13,19-20,22,24H,2-3,7-8,14H2,1H3,(H,23,25). The zero-order valence-electron chi connectivity index (χ0n) is 15.1. The number of methoxy groups -OCH3 is 1. The molecular formula is C21H26N2O3. The number of carbonyl (C=O) groups is 1. The van der Waals surface area contributed by atoms with E-state index in [0.29, 0.717) is 12.1 Å². The van der Waals surface area contributed by atoms with Gasteiger partial charge in [0.15, 0.2) is 0 Å². The molecular weight excluding hydrogens is 328 g/mol. The topological polar surface area (TPSA) is 70.6 Å². The van der Waals surface area contributed by atoms with Crippen molar-refractivity contribution in [1.29, 1.82) is 0 Å². The predicted molar refractivity (Wildman–Crippen MR) is 102 cm³/mol. The average molecular weight is 354 g/mol. The molecule has 1 saturated carbocycles. The summed E-state index contributed by atoms with van der Waals surface area (Å²) in [5.41, 5.74) is 2.42. The molecule has 138 valence electrons. The molecule has 0 bridgehead atoms. The van der Waals surface area contributed by atoms with Gasteiger partial charge in [0.25, 0.3) is 5.91 Å². The van der Waals surface area contributed by atoms with E-state index in [1.165, 1.54) is 0 Å². The molecule has 0 saturated heterocycles. The molecule has 26 heavy (non-hydrogen) atoms. The van der Waals surface area contributed by atoms with Crippen LogP contribution in [0.5, 0.6) is 5.75 Å². The lowest BCUT2D eigenvalue weighted by Gasteiger charge is -2.28. The minimum absolute atomic E-state index is 0.152. The van der Waals surface area contributed by atoms with Crippen LogP contribution in [0, 0.1) is 0 Å². The van der Waals surface area contributed by atoms with E-state index in [1.54, 1.807) is 31.4 Å². The molecule has 3 rings (SSSR count). The summed E-state index contributed by atoms with van der Waals surface area (Å²) < 4.78 is 5.11. The Morgan fingerprint density at radius 3 is 2.65 bits per heavy atom. The first-order chi connectivity index (χ1) is 12.7. The van der Waals surface area contributed by atoms with Crippen molar-refractivity contribution in [2.75, 3.05) is 12.4 Å². The Morgan fingerprint density at radius 1 is 1.15 bits per heavy atom. The SMILES string of the molecule is COc1ccc(C(=O)Nc2cccc(CNC3CCCCC3O)c2)cc1. The maximum atomic E-state index is 12.4. The summed E-state index contributed by atoms with van der Waals surface area (Å²) in [5.74, 6) is 0.569. The van der Waals surface area contributed by atoms with Gasteiger partial charge in [-0.05, 0) is 54.8 Å². The van der Waals surface area contributed by atoms with Crippen LogP contribution in [0.3, 0.4) is 0 Å². The van der Waals surface area contributed by atoms with Gasteiger partial charge in [0.1, 0.15) is 5.75 Å². The molecule has 0 aliphatic heterocycles. The summed E-state index contributed by atoms with van der Waals surface area (Å²) in [4.78, 5) is 12.4. The van der Waals surface area contributed by atoms with Gasteiger partial charge >= 0.3 is 0 Å². The van der Waals surface area contributed by atoms with Crippen LogP contribution in [0.2, 0.25) is 0 Å². The van der Waals surface area contributed by atoms with Crippen LogP contribution < -0.4 is 15.4 Å². The fraction of sp³-hybridized carbons (Fsp3) is 0.381. The lowest BCUT2D eigenvalue weighted by molar-refractivity contribution is 0.0902. The van der Waals surface area contributed by atoms with Crippen molar-refractivity contribution >= 4 is 11.6 Å². The first-order valence-corrected chi connectivity index (χ1v) is 9.11. The average Bonchev–Trinajstić information content (AvgIpc) is 2.68. The van der Waals surface area contributed by atoms with Crippen LogP contribution in [-0.4, -0.2) is 30.3 Å². The van der Waals surface area contributed by atoms with Crippen LogP contribution in [0.1, 0.15) is 41.6 Å². The van der Waals surface area contributed by atoms with Gasteiger partial charge in [0, 0.05) is 23.8 Å². The summed E-state index contributed by atoms with van der Waals surface area (Å²) >= 11 is 0. The second-order valence-electron chi connectivity index (χ2n) is 6.72. The number of carbonyl (C=O) groups excluding carboxylic acids is 1. The molecule has 1 amide bonds.